The number of aromatic hydroxyl groups is 1. The molecule has 0 bridgehead atoms. The molecule has 0 saturated heterocycles. The minimum Gasteiger partial charge on any atom is -0.506 e. The molecule has 176 valence electrons. The molecule has 8 nitrogen and oxygen atoms in total. The van der Waals surface area contributed by atoms with Gasteiger partial charge in [-0.3, -0.25) is 5.01 Å². The van der Waals surface area contributed by atoms with Crippen LogP contribution in [0.4, 0.5) is 22.7 Å². The molecule has 0 fully saturated rings. The molecule has 3 rings (SSSR count). The van der Waals surface area contributed by atoms with Crippen LogP contribution in [-0.2, 0) is 16.0 Å². The van der Waals surface area contributed by atoms with Crippen LogP contribution in [0.2, 0.25) is 0 Å². The Kier molecular flexibility index (Phi) is 7.48. The maximum atomic E-state index is 12.9. The number of aryl methyl sites for hydroxylation is 1. The summed E-state index contributed by atoms with van der Waals surface area (Å²) in [5, 5.41) is 19.9. The smallest absolute Gasteiger partial charge is 0.360 e. The standard InChI is InChI=1S/C25H33N5O3/c1-7-33-25(32)24(17(2)29(5)20-13-9-8-12-19(20)26-3)27-30(6)22-15-18-11-10-14-28(4)21(18)16-23(22)31/h8-9,12-13,15-16,26,31H,2,7,10-11,14H2,1,3-6H3/b27-24-. The van der Waals surface area contributed by atoms with E-state index in [0.29, 0.717) is 11.4 Å². The second-order valence-corrected chi connectivity index (χ2v) is 7.96. The lowest BCUT2D eigenvalue weighted by molar-refractivity contribution is -0.135. The second kappa shape index (κ2) is 10.3. The summed E-state index contributed by atoms with van der Waals surface area (Å²) in [5.41, 5.74) is 4.81. The van der Waals surface area contributed by atoms with Crippen LogP contribution >= 0.6 is 0 Å². The lowest BCUT2D eigenvalue weighted by atomic mass is 10.0. The number of nitrogens with zero attached hydrogens (tertiary/aromatic N) is 4. The Balaban J connectivity index is 1.99. The van der Waals surface area contributed by atoms with Gasteiger partial charge in [0.05, 0.1) is 23.7 Å². The number of hydrogen-bond acceptors (Lipinski definition) is 8. The number of nitrogens with one attached hydrogen (secondary N) is 1. The molecule has 0 aromatic heterocycles. The van der Waals surface area contributed by atoms with Gasteiger partial charge in [0.25, 0.3) is 0 Å². The number of para-hydroxylation sites is 2. The monoisotopic (exact) mass is 451 g/mol. The molecule has 0 aliphatic carbocycles. The van der Waals surface area contributed by atoms with Crippen LogP contribution in [0.1, 0.15) is 18.9 Å². The molecular formula is C25H33N5O3. The topological polar surface area (TPSA) is 80.6 Å². The van der Waals surface area contributed by atoms with E-state index in [-0.39, 0.29) is 18.1 Å². The van der Waals surface area contributed by atoms with Crippen LogP contribution in [0.25, 0.3) is 0 Å². The van der Waals surface area contributed by atoms with Crippen LogP contribution < -0.4 is 20.1 Å². The van der Waals surface area contributed by atoms with Gasteiger partial charge in [0.1, 0.15) is 11.4 Å². The molecular weight excluding hydrogens is 418 g/mol. The van der Waals surface area contributed by atoms with Gasteiger partial charge in [-0.15, -0.1) is 0 Å². The number of rotatable bonds is 8. The van der Waals surface area contributed by atoms with Gasteiger partial charge in [0, 0.05) is 46.5 Å². The Morgan fingerprint density at radius 3 is 2.70 bits per heavy atom. The van der Waals surface area contributed by atoms with Crippen LogP contribution in [0, 0.1) is 0 Å². The number of ether oxygens (including phenoxy) is 1. The minimum atomic E-state index is -0.583. The number of anilines is 4. The summed E-state index contributed by atoms with van der Waals surface area (Å²) in [6, 6.07) is 11.4. The van der Waals surface area contributed by atoms with Crippen LogP contribution in [0.3, 0.4) is 0 Å². The van der Waals surface area contributed by atoms with Crippen molar-refractivity contribution in [2.24, 2.45) is 5.10 Å². The van der Waals surface area contributed by atoms with Crippen molar-refractivity contribution in [1.82, 2.24) is 0 Å². The number of phenolic OH excluding ortho intramolecular Hbond substituents is 1. The summed E-state index contributed by atoms with van der Waals surface area (Å²) in [6.45, 7) is 7.04. The molecule has 0 unspecified atom stereocenters. The van der Waals surface area contributed by atoms with E-state index in [1.807, 2.05) is 51.5 Å². The Hall–Kier alpha value is -3.68. The quantitative estimate of drug-likeness (QED) is 0.359. The van der Waals surface area contributed by atoms with Crippen molar-refractivity contribution < 1.29 is 14.6 Å². The van der Waals surface area contributed by atoms with Crippen molar-refractivity contribution in [3.8, 4) is 5.75 Å². The average molecular weight is 452 g/mol. The van der Waals surface area contributed by atoms with Crippen molar-refractivity contribution in [3.05, 3.63) is 54.2 Å². The summed E-state index contributed by atoms with van der Waals surface area (Å²) in [5.74, 6) is -0.489. The molecule has 0 atom stereocenters. The van der Waals surface area contributed by atoms with E-state index in [4.69, 9.17) is 4.74 Å². The van der Waals surface area contributed by atoms with E-state index in [1.165, 1.54) is 5.01 Å². The van der Waals surface area contributed by atoms with Gasteiger partial charge in [0.15, 0.2) is 5.71 Å². The third-order valence-electron chi connectivity index (χ3n) is 5.81. The molecule has 0 amide bonds. The Bertz CT molecular complexity index is 1070. The van der Waals surface area contributed by atoms with E-state index in [9.17, 15) is 9.90 Å². The number of phenols is 1. The molecule has 1 aliphatic rings. The molecule has 0 saturated carbocycles. The van der Waals surface area contributed by atoms with E-state index >= 15 is 0 Å². The van der Waals surface area contributed by atoms with Crippen molar-refractivity contribution in [1.29, 1.82) is 0 Å². The van der Waals surface area contributed by atoms with Gasteiger partial charge in [-0.1, -0.05) is 18.7 Å². The fourth-order valence-electron chi connectivity index (χ4n) is 3.95. The number of benzene rings is 2. The molecule has 1 aliphatic heterocycles. The lowest BCUT2D eigenvalue weighted by Crippen LogP contribution is -2.32. The first-order valence-electron chi connectivity index (χ1n) is 11.0. The first-order chi connectivity index (χ1) is 15.8. The summed E-state index contributed by atoms with van der Waals surface area (Å²) in [7, 11) is 7.36. The van der Waals surface area contributed by atoms with Crippen LogP contribution in [0.5, 0.6) is 5.75 Å². The fourth-order valence-corrected chi connectivity index (χ4v) is 3.95. The van der Waals surface area contributed by atoms with E-state index in [1.54, 1.807) is 24.9 Å². The van der Waals surface area contributed by atoms with Crippen LogP contribution in [-0.4, -0.2) is 58.1 Å². The number of carbonyl (C=O) groups excluding carboxylic acids is 1. The number of esters is 1. The predicted molar refractivity (Wildman–Crippen MR) is 136 cm³/mol. The highest BCUT2D eigenvalue weighted by molar-refractivity contribution is 6.44. The molecule has 2 aromatic carbocycles. The third kappa shape index (κ3) is 5.05. The van der Waals surface area contributed by atoms with Gasteiger partial charge >= 0.3 is 5.97 Å². The highest BCUT2D eigenvalue weighted by atomic mass is 16.5. The molecule has 8 heteroatoms. The molecule has 1 heterocycles. The highest BCUT2D eigenvalue weighted by Gasteiger charge is 2.24. The molecule has 0 spiro atoms. The predicted octanol–water partition coefficient (Wildman–Crippen LogP) is 3.82. The minimum absolute atomic E-state index is 0.0574. The normalized spacial score (nSPS) is 13.2. The zero-order valence-electron chi connectivity index (χ0n) is 20.1. The Morgan fingerprint density at radius 1 is 1.27 bits per heavy atom. The molecule has 2 N–H and O–H groups in total. The average Bonchev–Trinajstić information content (AvgIpc) is 2.81. The summed E-state index contributed by atoms with van der Waals surface area (Å²) in [6.07, 6.45) is 1.97. The lowest BCUT2D eigenvalue weighted by Gasteiger charge is -2.29. The maximum Gasteiger partial charge on any atom is 0.360 e. The first kappa shape index (κ1) is 24.0. The van der Waals surface area contributed by atoms with Gasteiger partial charge in [0.2, 0.25) is 0 Å². The van der Waals surface area contributed by atoms with E-state index in [0.717, 1.165) is 42.0 Å². The van der Waals surface area contributed by atoms with Crippen molar-refractivity contribution in [2.45, 2.75) is 19.8 Å². The van der Waals surface area contributed by atoms with Gasteiger partial charge in [-0.05, 0) is 43.5 Å². The van der Waals surface area contributed by atoms with Gasteiger partial charge in [-0.25, -0.2) is 4.79 Å². The molecule has 33 heavy (non-hydrogen) atoms. The fraction of sp³-hybridized carbons (Fsp3) is 0.360. The Morgan fingerprint density at radius 2 is 2.00 bits per heavy atom. The summed E-state index contributed by atoms with van der Waals surface area (Å²) >= 11 is 0. The highest BCUT2D eigenvalue weighted by Crippen LogP contribution is 2.37. The van der Waals surface area contributed by atoms with Crippen molar-refractivity contribution in [2.75, 3.05) is 61.5 Å². The number of carbonyl (C=O) groups is 1. The van der Waals surface area contributed by atoms with Gasteiger partial charge < -0.3 is 25.0 Å². The van der Waals surface area contributed by atoms with E-state index in [2.05, 4.69) is 21.9 Å². The van der Waals surface area contributed by atoms with Gasteiger partial charge in [-0.2, -0.15) is 5.10 Å². The SMILES string of the molecule is C=C(/C(=N/N(C)c1cc2c(cc1O)N(C)CCC2)C(=O)OCC)N(C)c1ccccc1NC. The maximum absolute atomic E-state index is 12.9. The number of fused-ring (bicyclic) bond motifs is 1. The third-order valence-corrected chi connectivity index (χ3v) is 5.81. The first-order valence-corrected chi connectivity index (χ1v) is 11.0. The van der Waals surface area contributed by atoms with Crippen LogP contribution in [0.15, 0.2) is 53.8 Å². The number of hydrogen-bond donors (Lipinski definition) is 2. The summed E-state index contributed by atoms with van der Waals surface area (Å²) in [4.78, 5) is 16.8. The number of hydrazone groups is 1. The molecule has 2 aromatic rings. The molecule has 0 radical (unpaired) electrons. The zero-order chi connectivity index (χ0) is 24.1. The zero-order valence-corrected chi connectivity index (χ0v) is 20.1. The Labute approximate surface area is 195 Å². The summed E-state index contributed by atoms with van der Waals surface area (Å²) < 4.78 is 5.27. The van der Waals surface area contributed by atoms with Crippen molar-refractivity contribution in [3.63, 3.8) is 0 Å². The van der Waals surface area contributed by atoms with Crippen molar-refractivity contribution >= 4 is 34.4 Å². The van der Waals surface area contributed by atoms with E-state index < -0.39 is 5.97 Å². The largest absolute Gasteiger partial charge is 0.506 e. The second-order valence-electron chi connectivity index (χ2n) is 7.96.